The molecule has 1 N–H and O–H groups in total. The summed E-state index contributed by atoms with van der Waals surface area (Å²) < 4.78 is 52.2. The monoisotopic (exact) mass is 313 g/mol. The first-order valence-corrected chi connectivity index (χ1v) is 7.57. The summed E-state index contributed by atoms with van der Waals surface area (Å²) in [6.45, 7) is 1.67. The number of nitrogens with zero attached hydrogens (tertiary/aromatic N) is 1. The van der Waals surface area contributed by atoms with Crippen LogP contribution in [0.5, 0.6) is 5.75 Å². The molecule has 112 valence electrons. The Bertz CT molecular complexity index is 763. The van der Waals surface area contributed by atoms with Gasteiger partial charge in [0.1, 0.15) is 5.75 Å². The molecular formula is C14H13F2NO3S. The van der Waals surface area contributed by atoms with E-state index in [0.29, 0.717) is 6.07 Å². The average Bonchev–Trinajstić information content (AvgIpc) is 2.42. The number of aromatic hydroxyl groups is 1. The molecule has 0 fully saturated rings. The third kappa shape index (κ3) is 2.97. The van der Waals surface area contributed by atoms with E-state index in [1.165, 1.54) is 24.3 Å². The molecule has 0 bridgehead atoms. The largest absolute Gasteiger partial charge is 0.508 e. The maximum atomic E-state index is 13.2. The van der Waals surface area contributed by atoms with Crippen LogP contribution in [0.3, 0.4) is 0 Å². The van der Waals surface area contributed by atoms with Gasteiger partial charge in [-0.15, -0.1) is 0 Å². The van der Waals surface area contributed by atoms with Gasteiger partial charge in [0.25, 0.3) is 10.0 Å². The minimum atomic E-state index is -4.04. The van der Waals surface area contributed by atoms with Crippen LogP contribution >= 0.6 is 0 Å². The molecule has 0 unspecified atom stereocenters. The number of phenolic OH excluding ortho intramolecular Hbond substituents is 1. The van der Waals surface area contributed by atoms with Crippen molar-refractivity contribution < 1.29 is 22.3 Å². The summed E-state index contributed by atoms with van der Waals surface area (Å²) in [5.41, 5.74) is 0.238. The van der Waals surface area contributed by atoms with Gasteiger partial charge in [0.05, 0.1) is 10.6 Å². The zero-order chi connectivity index (χ0) is 15.6. The van der Waals surface area contributed by atoms with E-state index in [1.807, 2.05) is 0 Å². The van der Waals surface area contributed by atoms with E-state index >= 15 is 0 Å². The molecule has 0 amide bonds. The summed E-state index contributed by atoms with van der Waals surface area (Å²) >= 11 is 0. The minimum absolute atomic E-state index is 0.0742. The molecule has 7 heteroatoms. The fraction of sp³-hybridized carbons (Fsp3) is 0.143. The lowest BCUT2D eigenvalue weighted by atomic mass is 10.3. The SMILES string of the molecule is CCN(c1cccc(O)c1)S(=O)(=O)c1ccc(F)c(F)c1. The molecule has 0 spiro atoms. The van der Waals surface area contributed by atoms with Crippen LogP contribution < -0.4 is 4.31 Å². The Morgan fingerprint density at radius 3 is 2.38 bits per heavy atom. The molecule has 0 aliphatic heterocycles. The summed E-state index contributed by atoms with van der Waals surface area (Å²) in [5, 5.41) is 9.44. The molecule has 2 rings (SSSR count). The molecule has 0 aliphatic rings. The first-order chi connectivity index (χ1) is 9.86. The lowest BCUT2D eigenvalue weighted by Crippen LogP contribution is -2.30. The maximum absolute atomic E-state index is 13.2. The van der Waals surface area contributed by atoms with E-state index in [4.69, 9.17) is 0 Å². The number of hydrogen-bond acceptors (Lipinski definition) is 3. The predicted octanol–water partition coefficient (Wildman–Crippen LogP) is 2.89. The summed E-state index contributed by atoms with van der Waals surface area (Å²) in [7, 11) is -4.04. The van der Waals surface area contributed by atoms with E-state index < -0.39 is 21.7 Å². The van der Waals surface area contributed by atoms with Crippen molar-refractivity contribution in [3.63, 3.8) is 0 Å². The Morgan fingerprint density at radius 2 is 1.81 bits per heavy atom. The minimum Gasteiger partial charge on any atom is -0.508 e. The average molecular weight is 313 g/mol. The van der Waals surface area contributed by atoms with Crippen molar-refractivity contribution in [3.8, 4) is 5.75 Å². The zero-order valence-corrected chi connectivity index (χ0v) is 11.9. The van der Waals surface area contributed by atoms with Crippen molar-refractivity contribution in [1.29, 1.82) is 0 Å². The van der Waals surface area contributed by atoms with E-state index in [-0.39, 0.29) is 22.9 Å². The summed E-state index contributed by atoms with van der Waals surface area (Å²) in [5.74, 6) is -2.44. The molecule has 0 heterocycles. The van der Waals surface area contributed by atoms with Gasteiger partial charge in [-0.3, -0.25) is 4.31 Å². The van der Waals surface area contributed by atoms with Gasteiger partial charge in [-0.05, 0) is 37.3 Å². The van der Waals surface area contributed by atoms with E-state index in [0.717, 1.165) is 16.4 Å². The number of sulfonamides is 1. The summed E-state index contributed by atoms with van der Waals surface area (Å²) in [4.78, 5) is -0.355. The van der Waals surface area contributed by atoms with Crippen LogP contribution in [-0.4, -0.2) is 20.1 Å². The Kier molecular flexibility index (Phi) is 4.13. The normalized spacial score (nSPS) is 11.4. The molecule has 0 radical (unpaired) electrons. The first-order valence-electron chi connectivity index (χ1n) is 6.13. The Balaban J connectivity index is 2.51. The number of rotatable bonds is 4. The maximum Gasteiger partial charge on any atom is 0.264 e. The molecule has 2 aromatic carbocycles. The number of phenols is 1. The molecule has 0 saturated carbocycles. The van der Waals surface area contributed by atoms with E-state index in [9.17, 15) is 22.3 Å². The summed E-state index contributed by atoms with van der Waals surface area (Å²) in [6, 6.07) is 8.07. The lowest BCUT2D eigenvalue weighted by molar-refractivity contribution is 0.475. The van der Waals surface area contributed by atoms with Crippen molar-refractivity contribution >= 4 is 15.7 Å². The molecule has 21 heavy (non-hydrogen) atoms. The second-order valence-corrected chi connectivity index (χ2v) is 6.13. The van der Waals surface area contributed by atoms with Crippen LogP contribution in [0, 0.1) is 11.6 Å². The third-order valence-electron chi connectivity index (χ3n) is 2.88. The first kappa shape index (κ1) is 15.2. The predicted molar refractivity (Wildman–Crippen MR) is 74.7 cm³/mol. The number of halogens is 2. The van der Waals surface area contributed by atoms with Gasteiger partial charge in [0.15, 0.2) is 11.6 Å². The van der Waals surface area contributed by atoms with Gasteiger partial charge in [-0.25, -0.2) is 17.2 Å². The van der Waals surface area contributed by atoms with Crippen molar-refractivity contribution in [2.45, 2.75) is 11.8 Å². The van der Waals surface area contributed by atoms with Crippen molar-refractivity contribution in [3.05, 3.63) is 54.1 Å². The standard InChI is InChI=1S/C14H13F2NO3S/c1-2-17(10-4-3-5-11(18)8-10)21(19,20)12-6-7-13(15)14(16)9-12/h3-9,18H,2H2,1H3. The highest BCUT2D eigenvalue weighted by Crippen LogP contribution is 2.26. The number of benzene rings is 2. The second-order valence-electron chi connectivity index (χ2n) is 4.27. The topological polar surface area (TPSA) is 57.6 Å². The molecule has 0 aliphatic carbocycles. The van der Waals surface area contributed by atoms with Gasteiger partial charge >= 0.3 is 0 Å². The zero-order valence-electron chi connectivity index (χ0n) is 11.1. The van der Waals surface area contributed by atoms with Crippen LogP contribution in [0.4, 0.5) is 14.5 Å². The Hall–Kier alpha value is -2.15. The molecular weight excluding hydrogens is 300 g/mol. The fourth-order valence-corrected chi connectivity index (χ4v) is 3.38. The highest BCUT2D eigenvalue weighted by atomic mass is 32.2. The van der Waals surface area contributed by atoms with Crippen molar-refractivity contribution in [1.82, 2.24) is 0 Å². The highest BCUT2D eigenvalue weighted by Gasteiger charge is 2.25. The van der Waals surface area contributed by atoms with Gasteiger partial charge in [0, 0.05) is 12.6 Å². The fourth-order valence-electron chi connectivity index (χ4n) is 1.90. The number of hydrogen-bond donors (Lipinski definition) is 1. The van der Waals surface area contributed by atoms with Crippen LogP contribution in [0.1, 0.15) is 6.92 Å². The van der Waals surface area contributed by atoms with E-state index in [1.54, 1.807) is 6.92 Å². The van der Waals surface area contributed by atoms with E-state index in [2.05, 4.69) is 0 Å². The van der Waals surface area contributed by atoms with Crippen molar-refractivity contribution in [2.24, 2.45) is 0 Å². The Morgan fingerprint density at radius 1 is 1.10 bits per heavy atom. The number of anilines is 1. The molecule has 0 saturated heterocycles. The molecule has 2 aromatic rings. The van der Waals surface area contributed by atoms with Crippen LogP contribution in [0.25, 0.3) is 0 Å². The van der Waals surface area contributed by atoms with Gasteiger partial charge in [0.2, 0.25) is 0 Å². The third-order valence-corrected chi connectivity index (χ3v) is 4.78. The van der Waals surface area contributed by atoms with Gasteiger partial charge < -0.3 is 5.11 Å². The van der Waals surface area contributed by atoms with Gasteiger partial charge in [-0.1, -0.05) is 6.07 Å². The molecule has 0 atom stereocenters. The Labute approximate surface area is 121 Å². The second kappa shape index (κ2) is 5.69. The quantitative estimate of drug-likeness (QED) is 0.944. The highest BCUT2D eigenvalue weighted by molar-refractivity contribution is 7.92. The summed E-state index contributed by atoms with van der Waals surface area (Å²) in [6.07, 6.45) is 0. The van der Waals surface area contributed by atoms with Crippen molar-refractivity contribution in [2.75, 3.05) is 10.8 Å². The van der Waals surface area contributed by atoms with Gasteiger partial charge in [-0.2, -0.15) is 0 Å². The lowest BCUT2D eigenvalue weighted by Gasteiger charge is -2.23. The molecule has 0 aromatic heterocycles. The van der Waals surface area contributed by atoms with Crippen LogP contribution in [-0.2, 0) is 10.0 Å². The smallest absolute Gasteiger partial charge is 0.264 e. The van der Waals surface area contributed by atoms with Crippen LogP contribution in [0.15, 0.2) is 47.4 Å². The van der Waals surface area contributed by atoms with Crippen LogP contribution in [0.2, 0.25) is 0 Å². The molecule has 4 nitrogen and oxygen atoms in total.